The number of hydrogen-bond acceptors (Lipinski definition) is 3. The van der Waals surface area contributed by atoms with Crippen LogP contribution in [0.25, 0.3) is 21.9 Å². The number of benzene rings is 4. The Morgan fingerprint density at radius 2 is 1.58 bits per heavy atom. The molecule has 1 heterocycles. The highest BCUT2D eigenvalue weighted by Crippen LogP contribution is 2.40. The Balaban J connectivity index is 1.64. The third kappa shape index (κ3) is 3.47. The molecule has 0 radical (unpaired) electrons. The second-order valence-corrected chi connectivity index (χ2v) is 9.35. The quantitative estimate of drug-likeness (QED) is 0.396. The van der Waals surface area contributed by atoms with Crippen LogP contribution < -0.4 is 9.04 Å². The molecule has 1 aliphatic rings. The monoisotopic (exact) mass is 427 g/mol. The first-order valence-electron chi connectivity index (χ1n) is 10.1. The van der Waals surface area contributed by atoms with E-state index in [4.69, 9.17) is 4.74 Å². The van der Waals surface area contributed by atoms with Gasteiger partial charge >= 0.3 is 0 Å². The maximum Gasteiger partial charge on any atom is 0.264 e. The van der Waals surface area contributed by atoms with E-state index in [9.17, 15) is 8.42 Å². The van der Waals surface area contributed by atoms with E-state index in [2.05, 4.69) is 6.58 Å². The van der Waals surface area contributed by atoms with Crippen molar-refractivity contribution in [1.29, 1.82) is 0 Å². The predicted octanol–water partition coefficient (Wildman–Crippen LogP) is 5.65. The minimum Gasteiger partial charge on any atom is -0.482 e. The van der Waals surface area contributed by atoms with Gasteiger partial charge in [-0.1, -0.05) is 73.3 Å². The van der Waals surface area contributed by atoms with Gasteiger partial charge in [0.25, 0.3) is 10.0 Å². The van der Waals surface area contributed by atoms with Gasteiger partial charge in [0.2, 0.25) is 0 Å². The van der Waals surface area contributed by atoms with Gasteiger partial charge in [-0.3, -0.25) is 4.31 Å². The van der Waals surface area contributed by atoms with E-state index in [1.807, 2.05) is 78.9 Å². The lowest BCUT2D eigenvalue weighted by molar-refractivity contribution is 0.247. The first kappa shape index (κ1) is 19.4. The predicted molar refractivity (Wildman–Crippen MR) is 125 cm³/mol. The minimum atomic E-state index is -3.80. The van der Waals surface area contributed by atoms with Crippen LogP contribution in [0.15, 0.2) is 109 Å². The van der Waals surface area contributed by atoms with Crippen LogP contribution in [0.4, 0.5) is 5.69 Å². The van der Waals surface area contributed by atoms with E-state index in [0.717, 1.165) is 21.9 Å². The standard InChI is InChI=1S/C26H21NO3S/c1-2-23-18-27(31(28,29)24-14-12-20-10-6-7-11-21(20)16-24)25-17-22(13-15-26(25)30-23)19-8-4-3-5-9-19/h2-17,23H,1,18H2/t23-/m0/s1. The lowest BCUT2D eigenvalue weighted by Gasteiger charge is -2.34. The molecular weight excluding hydrogens is 406 g/mol. The number of hydrogen-bond donors (Lipinski definition) is 0. The van der Waals surface area contributed by atoms with Gasteiger partial charge < -0.3 is 4.74 Å². The SMILES string of the molecule is C=C[C@H]1CN(S(=O)(=O)c2ccc3ccccc3c2)c2cc(-c3ccccc3)ccc2O1. The molecule has 0 saturated carbocycles. The molecule has 0 fully saturated rings. The molecule has 0 amide bonds. The zero-order chi connectivity index (χ0) is 21.4. The van der Waals surface area contributed by atoms with Crippen molar-refractivity contribution >= 4 is 26.5 Å². The molecule has 0 aliphatic carbocycles. The average molecular weight is 428 g/mol. The Morgan fingerprint density at radius 3 is 2.35 bits per heavy atom. The molecule has 4 aromatic carbocycles. The number of fused-ring (bicyclic) bond motifs is 2. The summed E-state index contributed by atoms with van der Waals surface area (Å²) in [5.74, 6) is 0.528. The molecule has 4 aromatic rings. The van der Waals surface area contributed by atoms with Crippen molar-refractivity contribution < 1.29 is 13.2 Å². The Kier molecular flexibility index (Phi) is 4.75. The molecule has 5 rings (SSSR count). The largest absolute Gasteiger partial charge is 0.482 e. The van der Waals surface area contributed by atoms with Crippen molar-refractivity contribution in [2.75, 3.05) is 10.8 Å². The summed E-state index contributed by atoms with van der Waals surface area (Å²) in [6.07, 6.45) is 1.21. The highest BCUT2D eigenvalue weighted by atomic mass is 32.2. The van der Waals surface area contributed by atoms with Crippen molar-refractivity contribution in [1.82, 2.24) is 0 Å². The molecule has 1 aliphatic heterocycles. The van der Waals surface area contributed by atoms with Gasteiger partial charge in [0.1, 0.15) is 11.9 Å². The van der Waals surface area contributed by atoms with Gasteiger partial charge in [-0.2, -0.15) is 0 Å². The summed E-state index contributed by atoms with van der Waals surface area (Å²) in [5.41, 5.74) is 2.48. The maximum atomic E-state index is 13.7. The summed E-state index contributed by atoms with van der Waals surface area (Å²) >= 11 is 0. The molecular formula is C26H21NO3S. The summed E-state index contributed by atoms with van der Waals surface area (Å²) < 4.78 is 34.9. The molecule has 0 unspecified atom stereocenters. The molecule has 1 atom stereocenters. The number of sulfonamides is 1. The molecule has 154 valence electrons. The molecule has 0 N–H and O–H groups in total. The normalized spacial score (nSPS) is 15.9. The Hall–Kier alpha value is -3.57. The molecule has 0 bridgehead atoms. The molecule has 5 heteroatoms. The maximum absolute atomic E-state index is 13.7. The second kappa shape index (κ2) is 7.60. The van der Waals surface area contributed by atoms with E-state index in [1.165, 1.54) is 4.31 Å². The van der Waals surface area contributed by atoms with Crippen LogP contribution in [-0.2, 0) is 10.0 Å². The van der Waals surface area contributed by atoms with E-state index >= 15 is 0 Å². The highest BCUT2D eigenvalue weighted by molar-refractivity contribution is 7.92. The molecule has 0 spiro atoms. The third-order valence-corrected chi connectivity index (χ3v) is 7.31. The van der Waals surface area contributed by atoms with Gasteiger partial charge in [-0.25, -0.2) is 8.42 Å². The van der Waals surface area contributed by atoms with Crippen LogP contribution in [0, 0.1) is 0 Å². The number of rotatable bonds is 4. The third-order valence-electron chi connectivity index (χ3n) is 5.53. The van der Waals surface area contributed by atoms with Crippen LogP contribution in [0.2, 0.25) is 0 Å². The van der Waals surface area contributed by atoms with Crippen molar-refractivity contribution in [3.63, 3.8) is 0 Å². The number of anilines is 1. The van der Waals surface area contributed by atoms with Crippen molar-refractivity contribution in [3.05, 3.63) is 104 Å². The van der Waals surface area contributed by atoms with E-state index in [1.54, 1.807) is 18.2 Å². The molecule has 31 heavy (non-hydrogen) atoms. The summed E-state index contributed by atoms with van der Waals surface area (Å²) in [4.78, 5) is 0.256. The van der Waals surface area contributed by atoms with E-state index in [-0.39, 0.29) is 11.4 Å². The smallest absolute Gasteiger partial charge is 0.264 e. The number of ether oxygens (including phenoxy) is 1. The molecule has 4 nitrogen and oxygen atoms in total. The van der Waals surface area contributed by atoms with Gasteiger partial charge in [-0.15, -0.1) is 0 Å². The zero-order valence-corrected chi connectivity index (χ0v) is 17.6. The fourth-order valence-electron chi connectivity index (χ4n) is 3.89. The van der Waals surface area contributed by atoms with Crippen molar-refractivity contribution in [2.45, 2.75) is 11.0 Å². The Labute approximate surface area is 182 Å². The lowest BCUT2D eigenvalue weighted by atomic mass is 10.0. The van der Waals surface area contributed by atoms with Gasteiger partial charge in [0.05, 0.1) is 17.1 Å². The minimum absolute atomic E-state index is 0.171. The fraction of sp³-hybridized carbons (Fsp3) is 0.0769. The summed E-state index contributed by atoms with van der Waals surface area (Å²) in [6, 6.07) is 28.5. The Morgan fingerprint density at radius 1 is 0.839 bits per heavy atom. The van der Waals surface area contributed by atoms with Gasteiger partial charge in [0, 0.05) is 0 Å². The van der Waals surface area contributed by atoms with Crippen molar-refractivity contribution in [3.8, 4) is 16.9 Å². The van der Waals surface area contributed by atoms with Gasteiger partial charge in [-0.05, 0) is 52.2 Å². The van der Waals surface area contributed by atoms with Crippen LogP contribution >= 0.6 is 0 Å². The van der Waals surface area contributed by atoms with E-state index < -0.39 is 16.1 Å². The average Bonchev–Trinajstić information content (AvgIpc) is 2.83. The summed E-state index contributed by atoms with van der Waals surface area (Å²) in [6.45, 7) is 3.98. The number of nitrogens with zero attached hydrogens (tertiary/aromatic N) is 1. The zero-order valence-electron chi connectivity index (χ0n) is 16.8. The van der Waals surface area contributed by atoms with Gasteiger partial charge in [0.15, 0.2) is 0 Å². The summed E-state index contributed by atoms with van der Waals surface area (Å²) in [5, 5.41) is 1.88. The van der Waals surface area contributed by atoms with Crippen molar-refractivity contribution in [2.24, 2.45) is 0 Å². The summed E-state index contributed by atoms with van der Waals surface area (Å²) in [7, 11) is -3.80. The van der Waals surface area contributed by atoms with Crippen LogP contribution in [-0.4, -0.2) is 21.1 Å². The topological polar surface area (TPSA) is 46.6 Å². The fourth-order valence-corrected chi connectivity index (χ4v) is 5.40. The first-order valence-corrected chi connectivity index (χ1v) is 11.5. The van der Waals surface area contributed by atoms with Crippen LogP contribution in [0.3, 0.4) is 0 Å². The Bertz CT molecular complexity index is 1380. The molecule has 0 saturated heterocycles. The van der Waals surface area contributed by atoms with Crippen LogP contribution in [0.1, 0.15) is 0 Å². The first-order chi connectivity index (χ1) is 15.1. The highest BCUT2D eigenvalue weighted by Gasteiger charge is 2.34. The molecule has 0 aromatic heterocycles. The van der Waals surface area contributed by atoms with E-state index in [0.29, 0.717) is 11.4 Å². The lowest BCUT2D eigenvalue weighted by Crippen LogP contribution is -2.42. The van der Waals surface area contributed by atoms with Crippen LogP contribution in [0.5, 0.6) is 5.75 Å². The second-order valence-electron chi connectivity index (χ2n) is 7.49.